The van der Waals surface area contributed by atoms with Crippen molar-refractivity contribution < 1.29 is 23.9 Å². The smallest absolute Gasteiger partial charge is 0.359 e. The Balaban J connectivity index is 1.92. The summed E-state index contributed by atoms with van der Waals surface area (Å²) in [6.45, 7) is 0. The molecular formula is C17H14N2O5S. The van der Waals surface area contributed by atoms with Gasteiger partial charge in [-0.1, -0.05) is 23.5 Å². The maximum Gasteiger partial charge on any atom is 0.359 e. The number of Topliss-reactive ketones (excluding diaryl/α,β-unsaturated/α-hetero) is 1. The van der Waals surface area contributed by atoms with E-state index in [-0.39, 0.29) is 21.5 Å². The number of nitrogens with zero attached hydrogens (tertiary/aromatic N) is 1. The van der Waals surface area contributed by atoms with Crippen LogP contribution in [0.15, 0.2) is 24.3 Å². The fraction of sp³-hybridized carbons (Fsp3) is 0.176. The number of methoxy groups -OCH3 is 2. The number of fused-ring (bicyclic) bond motifs is 1. The second-order valence-electron chi connectivity index (χ2n) is 5.24. The number of hydrogen-bond acceptors (Lipinski definition) is 8. The highest BCUT2D eigenvalue weighted by molar-refractivity contribution is 7.18. The lowest BCUT2D eigenvalue weighted by molar-refractivity contribution is 0.0589. The molecule has 3 rings (SSSR count). The topological polar surface area (TPSA) is 109 Å². The molecule has 2 aromatic rings. The zero-order valence-electron chi connectivity index (χ0n) is 13.5. The van der Waals surface area contributed by atoms with E-state index in [9.17, 15) is 14.4 Å². The van der Waals surface area contributed by atoms with Gasteiger partial charge < -0.3 is 15.2 Å². The molecule has 0 saturated heterocycles. The van der Waals surface area contributed by atoms with E-state index < -0.39 is 11.9 Å². The number of esters is 2. The Hall–Kier alpha value is -3.00. The molecule has 1 heterocycles. The average Bonchev–Trinajstić information content (AvgIpc) is 3.22. The molecule has 25 heavy (non-hydrogen) atoms. The van der Waals surface area contributed by atoms with Crippen molar-refractivity contribution in [3.05, 3.63) is 51.7 Å². The summed E-state index contributed by atoms with van der Waals surface area (Å²) in [7, 11) is 2.53. The summed E-state index contributed by atoms with van der Waals surface area (Å²) in [4.78, 5) is 40.0. The SMILES string of the molecule is COC(=O)c1ccc2c(c1)CC=C2C(=O)c1nc(C(=O)OC)c(N)s1. The molecule has 0 saturated carbocycles. The van der Waals surface area contributed by atoms with Crippen LogP contribution in [0, 0.1) is 0 Å². The average molecular weight is 358 g/mol. The number of ether oxygens (including phenoxy) is 2. The quantitative estimate of drug-likeness (QED) is 0.658. The summed E-state index contributed by atoms with van der Waals surface area (Å²) in [5, 5.41) is 0.254. The number of thiazole rings is 1. The summed E-state index contributed by atoms with van der Waals surface area (Å²) >= 11 is 0.941. The Labute approximate surface area is 147 Å². The molecule has 0 bridgehead atoms. The van der Waals surface area contributed by atoms with E-state index in [1.807, 2.05) is 0 Å². The van der Waals surface area contributed by atoms with Gasteiger partial charge in [-0.05, 0) is 29.7 Å². The lowest BCUT2D eigenvalue weighted by Gasteiger charge is -2.06. The summed E-state index contributed by atoms with van der Waals surface area (Å²) in [5.74, 6) is -1.44. The lowest BCUT2D eigenvalue weighted by atomic mass is 10.0. The molecule has 0 unspecified atom stereocenters. The minimum absolute atomic E-state index is 0.0595. The predicted octanol–water partition coefficient (Wildman–Crippen LogP) is 2.12. The van der Waals surface area contributed by atoms with Gasteiger partial charge in [-0.15, -0.1) is 0 Å². The molecule has 0 radical (unpaired) electrons. The molecule has 1 aromatic carbocycles. The number of carbonyl (C=O) groups is 3. The maximum absolute atomic E-state index is 12.7. The third-order valence-electron chi connectivity index (χ3n) is 3.81. The van der Waals surface area contributed by atoms with Crippen LogP contribution in [0.3, 0.4) is 0 Å². The molecule has 0 amide bonds. The number of allylic oxidation sites excluding steroid dienone is 2. The second kappa shape index (κ2) is 6.48. The van der Waals surface area contributed by atoms with Crippen LogP contribution in [0.2, 0.25) is 0 Å². The zero-order valence-corrected chi connectivity index (χ0v) is 14.3. The number of nitrogens with two attached hydrogens (primary N) is 1. The van der Waals surface area contributed by atoms with E-state index >= 15 is 0 Å². The first kappa shape index (κ1) is 16.8. The maximum atomic E-state index is 12.7. The molecule has 8 heteroatoms. The van der Waals surface area contributed by atoms with Gasteiger partial charge in [-0.3, -0.25) is 4.79 Å². The van der Waals surface area contributed by atoms with Crippen molar-refractivity contribution in [2.75, 3.05) is 20.0 Å². The molecule has 1 aliphatic carbocycles. The first-order valence-electron chi connectivity index (χ1n) is 7.27. The van der Waals surface area contributed by atoms with E-state index in [1.54, 1.807) is 24.3 Å². The summed E-state index contributed by atoms with van der Waals surface area (Å²) in [5.41, 5.74) is 8.16. The number of aromatic nitrogens is 1. The molecule has 0 atom stereocenters. The Bertz CT molecular complexity index is 929. The molecular weight excluding hydrogens is 344 g/mol. The Morgan fingerprint density at radius 2 is 1.88 bits per heavy atom. The first-order valence-corrected chi connectivity index (χ1v) is 8.09. The van der Waals surface area contributed by atoms with Gasteiger partial charge in [0.15, 0.2) is 10.7 Å². The minimum Gasteiger partial charge on any atom is -0.465 e. The number of carbonyl (C=O) groups excluding carboxylic acids is 3. The zero-order chi connectivity index (χ0) is 18.1. The van der Waals surface area contributed by atoms with Gasteiger partial charge in [0.1, 0.15) is 5.00 Å². The lowest BCUT2D eigenvalue weighted by Crippen LogP contribution is -2.07. The van der Waals surface area contributed by atoms with Gasteiger partial charge in [-0.2, -0.15) is 0 Å². The third-order valence-corrected chi connectivity index (χ3v) is 4.70. The van der Waals surface area contributed by atoms with E-state index in [2.05, 4.69) is 9.72 Å². The summed E-state index contributed by atoms with van der Waals surface area (Å²) in [6, 6.07) is 5.01. The number of hydrogen-bond donors (Lipinski definition) is 1. The van der Waals surface area contributed by atoms with E-state index in [0.717, 1.165) is 22.5 Å². The van der Waals surface area contributed by atoms with Gasteiger partial charge >= 0.3 is 11.9 Å². The molecule has 0 fully saturated rings. The molecule has 1 aliphatic rings. The summed E-state index contributed by atoms with van der Waals surface area (Å²) in [6.07, 6.45) is 2.29. The Kier molecular flexibility index (Phi) is 4.37. The molecule has 0 spiro atoms. The number of benzene rings is 1. The van der Waals surface area contributed by atoms with Crippen LogP contribution in [0.4, 0.5) is 5.00 Å². The van der Waals surface area contributed by atoms with Crippen molar-refractivity contribution in [3.63, 3.8) is 0 Å². The van der Waals surface area contributed by atoms with Gasteiger partial charge in [0, 0.05) is 5.57 Å². The van der Waals surface area contributed by atoms with Crippen molar-refractivity contribution in [1.82, 2.24) is 4.98 Å². The number of nitrogen functional groups attached to an aromatic ring is 1. The molecule has 0 aliphatic heterocycles. The Morgan fingerprint density at radius 3 is 2.56 bits per heavy atom. The molecule has 128 valence electrons. The third kappa shape index (κ3) is 2.91. The molecule has 2 N–H and O–H groups in total. The monoisotopic (exact) mass is 358 g/mol. The fourth-order valence-electron chi connectivity index (χ4n) is 2.59. The molecule has 7 nitrogen and oxygen atoms in total. The van der Waals surface area contributed by atoms with Crippen molar-refractivity contribution in [2.45, 2.75) is 6.42 Å². The van der Waals surface area contributed by atoms with Crippen molar-refractivity contribution >= 4 is 39.6 Å². The van der Waals surface area contributed by atoms with Crippen molar-refractivity contribution in [1.29, 1.82) is 0 Å². The minimum atomic E-state index is -0.684. The van der Waals surface area contributed by atoms with Crippen LogP contribution in [-0.2, 0) is 15.9 Å². The van der Waals surface area contributed by atoms with Crippen LogP contribution in [0.1, 0.15) is 41.8 Å². The van der Waals surface area contributed by atoms with E-state index in [1.165, 1.54) is 14.2 Å². The molecule has 1 aromatic heterocycles. The van der Waals surface area contributed by atoms with Crippen LogP contribution >= 0.6 is 11.3 Å². The van der Waals surface area contributed by atoms with E-state index in [4.69, 9.17) is 10.5 Å². The predicted molar refractivity (Wildman–Crippen MR) is 91.7 cm³/mol. The Morgan fingerprint density at radius 1 is 1.16 bits per heavy atom. The number of anilines is 1. The highest BCUT2D eigenvalue weighted by Crippen LogP contribution is 2.33. The van der Waals surface area contributed by atoms with Crippen LogP contribution in [-0.4, -0.2) is 36.9 Å². The summed E-state index contributed by atoms with van der Waals surface area (Å²) < 4.78 is 9.29. The highest BCUT2D eigenvalue weighted by atomic mass is 32.1. The first-order chi connectivity index (χ1) is 12.0. The number of rotatable bonds is 4. The standard InChI is InChI=1S/C17H14N2O5S/c1-23-16(21)9-4-5-10-8(7-9)3-6-11(10)13(20)15-19-12(14(18)25-15)17(22)24-2/h4-7H,3,18H2,1-2H3. The van der Waals surface area contributed by atoms with Gasteiger partial charge in [0.05, 0.1) is 19.8 Å². The van der Waals surface area contributed by atoms with Gasteiger partial charge in [0.25, 0.3) is 0 Å². The van der Waals surface area contributed by atoms with Crippen molar-refractivity contribution in [3.8, 4) is 0 Å². The van der Waals surface area contributed by atoms with Gasteiger partial charge in [0.2, 0.25) is 5.78 Å². The van der Waals surface area contributed by atoms with E-state index in [0.29, 0.717) is 17.6 Å². The largest absolute Gasteiger partial charge is 0.465 e. The van der Waals surface area contributed by atoms with Crippen molar-refractivity contribution in [2.24, 2.45) is 0 Å². The van der Waals surface area contributed by atoms with Crippen LogP contribution in [0.25, 0.3) is 5.57 Å². The second-order valence-corrected chi connectivity index (χ2v) is 6.27. The number of ketones is 1. The van der Waals surface area contributed by atoms with Crippen LogP contribution in [0.5, 0.6) is 0 Å². The van der Waals surface area contributed by atoms with Crippen LogP contribution < -0.4 is 5.73 Å². The highest BCUT2D eigenvalue weighted by Gasteiger charge is 2.27. The van der Waals surface area contributed by atoms with Gasteiger partial charge in [-0.25, -0.2) is 14.6 Å². The fourth-order valence-corrected chi connectivity index (χ4v) is 3.37. The normalized spacial score (nSPS) is 12.3.